The van der Waals surface area contributed by atoms with Crippen molar-refractivity contribution in [3.63, 3.8) is 0 Å². The number of allylic oxidation sites excluding steroid dienone is 1. The molecule has 0 aliphatic heterocycles. The molecule has 1 unspecified atom stereocenters. The molecular weight excluding hydrogens is 247 g/mol. The molecule has 0 aromatic heterocycles. The monoisotopic (exact) mass is 268 g/mol. The first-order chi connectivity index (χ1) is 9.22. The van der Waals surface area contributed by atoms with Gasteiger partial charge in [-0.1, -0.05) is 57.1 Å². The minimum absolute atomic E-state index is 0.750. The second-order valence-corrected chi connectivity index (χ2v) is 6.18. The zero-order valence-electron chi connectivity index (χ0n) is 11.7. The molecule has 0 heterocycles. The molecule has 0 N–H and O–H groups in total. The summed E-state index contributed by atoms with van der Waals surface area (Å²) in [6.45, 7) is 8.25. The largest absolute Gasteiger partial charge is 0.103 e. The van der Waals surface area contributed by atoms with Crippen LogP contribution < -0.4 is 10.6 Å². The van der Waals surface area contributed by atoms with Gasteiger partial charge in [-0.05, 0) is 54.0 Å². The van der Waals surface area contributed by atoms with E-state index in [0.29, 0.717) is 0 Å². The van der Waals surface area contributed by atoms with Crippen molar-refractivity contribution in [1.82, 2.24) is 0 Å². The first-order valence-electron chi connectivity index (χ1n) is 6.74. The van der Waals surface area contributed by atoms with E-state index in [1.54, 1.807) is 0 Å². The fraction of sp³-hybridized carbons (Fsp3) is 0.222. The van der Waals surface area contributed by atoms with Crippen LogP contribution in [0, 0.1) is 13.8 Å². The second kappa shape index (κ2) is 6.68. The number of benzene rings is 2. The molecule has 0 saturated heterocycles. The molecule has 0 radical (unpaired) electrons. The molecule has 1 atom stereocenters. The van der Waals surface area contributed by atoms with Crippen molar-refractivity contribution in [2.75, 3.05) is 0 Å². The third-order valence-electron chi connectivity index (χ3n) is 3.48. The van der Waals surface area contributed by atoms with Gasteiger partial charge in [0.25, 0.3) is 0 Å². The van der Waals surface area contributed by atoms with E-state index >= 15 is 0 Å². The summed E-state index contributed by atoms with van der Waals surface area (Å²) in [6.07, 6.45) is 4.15. The topological polar surface area (TPSA) is 0 Å². The Labute approximate surface area is 118 Å². The van der Waals surface area contributed by atoms with Crippen LogP contribution in [0.15, 0.2) is 55.1 Å². The average Bonchev–Trinajstić information content (AvgIpc) is 2.42. The van der Waals surface area contributed by atoms with Gasteiger partial charge in [-0.3, -0.25) is 0 Å². The first kappa shape index (κ1) is 14.0. The lowest BCUT2D eigenvalue weighted by atomic mass is 10.0. The van der Waals surface area contributed by atoms with Crippen molar-refractivity contribution < 1.29 is 0 Å². The molecule has 0 aliphatic rings. The maximum atomic E-state index is 3.81. The Bertz CT molecular complexity index is 570. The van der Waals surface area contributed by atoms with Crippen LogP contribution in [0.1, 0.15) is 23.1 Å². The van der Waals surface area contributed by atoms with E-state index in [9.17, 15) is 0 Å². The molecule has 0 amide bonds. The standard InChI is InChI=1S/C18H21P/c1-4-5-10-16-11-8-13-18(15(16)3)19-17-12-7-6-9-14(17)2/h4,6-9,11-13,19H,1,5,10H2,2-3H3. The molecule has 2 rings (SSSR count). The van der Waals surface area contributed by atoms with Crippen LogP contribution in [0.5, 0.6) is 0 Å². The molecule has 1 heteroatoms. The van der Waals surface area contributed by atoms with Crippen molar-refractivity contribution in [2.24, 2.45) is 0 Å². The molecule has 2 aromatic carbocycles. The minimum Gasteiger partial charge on any atom is -0.103 e. The van der Waals surface area contributed by atoms with Gasteiger partial charge in [0.15, 0.2) is 0 Å². The summed E-state index contributed by atoms with van der Waals surface area (Å²) in [4.78, 5) is 0. The fourth-order valence-electron chi connectivity index (χ4n) is 2.21. The van der Waals surface area contributed by atoms with Gasteiger partial charge in [0.2, 0.25) is 0 Å². The summed E-state index contributed by atoms with van der Waals surface area (Å²) < 4.78 is 0. The molecule has 0 nitrogen and oxygen atoms in total. The quantitative estimate of drug-likeness (QED) is 0.567. The minimum atomic E-state index is 0.750. The Morgan fingerprint density at radius 3 is 2.47 bits per heavy atom. The van der Waals surface area contributed by atoms with Crippen molar-refractivity contribution >= 4 is 19.2 Å². The van der Waals surface area contributed by atoms with E-state index in [1.807, 2.05) is 6.08 Å². The Kier molecular flexibility index (Phi) is 4.93. The molecule has 19 heavy (non-hydrogen) atoms. The molecule has 0 fully saturated rings. The summed E-state index contributed by atoms with van der Waals surface area (Å²) >= 11 is 0. The first-order valence-corrected chi connectivity index (χ1v) is 7.74. The zero-order chi connectivity index (χ0) is 13.7. The number of rotatable bonds is 5. The van der Waals surface area contributed by atoms with Crippen LogP contribution in [-0.2, 0) is 6.42 Å². The van der Waals surface area contributed by atoms with Gasteiger partial charge < -0.3 is 0 Å². The van der Waals surface area contributed by atoms with Crippen LogP contribution in [0.2, 0.25) is 0 Å². The van der Waals surface area contributed by atoms with E-state index in [4.69, 9.17) is 0 Å². The molecule has 0 saturated carbocycles. The highest BCUT2D eigenvalue weighted by molar-refractivity contribution is 7.55. The number of hydrogen-bond acceptors (Lipinski definition) is 0. The maximum Gasteiger partial charge on any atom is -0.0194 e. The van der Waals surface area contributed by atoms with Crippen molar-refractivity contribution in [3.8, 4) is 0 Å². The Hall–Kier alpha value is -1.39. The Morgan fingerprint density at radius 1 is 1.00 bits per heavy atom. The highest BCUT2D eigenvalue weighted by Crippen LogP contribution is 2.18. The Balaban J connectivity index is 2.26. The summed E-state index contributed by atoms with van der Waals surface area (Å²) in [7, 11) is 0.750. The van der Waals surface area contributed by atoms with Crippen LogP contribution in [0.25, 0.3) is 0 Å². The molecule has 98 valence electrons. The van der Waals surface area contributed by atoms with Gasteiger partial charge in [0, 0.05) is 0 Å². The number of hydrogen-bond donors (Lipinski definition) is 0. The fourth-order valence-corrected chi connectivity index (χ4v) is 3.48. The number of aryl methyl sites for hydroxylation is 2. The Morgan fingerprint density at radius 2 is 1.74 bits per heavy atom. The third kappa shape index (κ3) is 3.55. The SMILES string of the molecule is C=CCCc1cccc(Pc2ccccc2C)c1C. The van der Waals surface area contributed by atoms with Crippen LogP contribution in [0.3, 0.4) is 0 Å². The van der Waals surface area contributed by atoms with E-state index in [2.05, 4.69) is 62.9 Å². The summed E-state index contributed by atoms with van der Waals surface area (Å²) in [5.41, 5.74) is 4.29. The lowest BCUT2D eigenvalue weighted by Crippen LogP contribution is -2.10. The predicted molar refractivity (Wildman–Crippen MR) is 88.5 cm³/mol. The third-order valence-corrected chi connectivity index (χ3v) is 5.12. The lowest BCUT2D eigenvalue weighted by molar-refractivity contribution is 0.993. The van der Waals surface area contributed by atoms with Crippen molar-refractivity contribution in [3.05, 3.63) is 71.8 Å². The van der Waals surface area contributed by atoms with Gasteiger partial charge in [-0.25, -0.2) is 0 Å². The normalized spacial score (nSPS) is 11.1. The average molecular weight is 268 g/mol. The van der Waals surface area contributed by atoms with Crippen LogP contribution in [-0.4, -0.2) is 0 Å². The maximum absolute atomic E-state index is 3.81. The molecule has 0 bridgehead atoms. The summed E-state index contributed by atoms with van der Waals surface area (Å²) in [6, 6.07) is 15.4. The molecular formula is C18H21P. The lowest BCUT2D eigenvalue weighted by Gasteiger charge is -2.12. The summed E-state index contributed by atoms with van der Waals surface area (Å²) in [5, 5.41) is 2.92. The highest BCUT2D eigenvalue weighted by atomic mass is 31.1. The van der Waals surface area contributed by atoms with E-state index in [-0.39, 0.29) is 0 Å². The highest BCUT2D eigenvalue weighted by Gasteiger charge is 2.05. The van der Waals surface area contributed by atoms with Gasteiger partial charge in [-0.2, -0.15) is 0 Å². The van der Waals surface area contributed by atoms with Gasteiger partial charge in [0.1, 0.15) is 0 Å². The van der Waals surface area contributed by atoms with Crippen LogP contribution in [0.4, 0.5) is 0 Å². The van der Waals surface area contributed by atoms with Crippen molar-refractivity contribution in [1.29, 1.82) is 0 Å². The van der Waals surface area contributed by atoms with E-state index < -0.39 is 0 Å². The summed E-state index contributed by atoms with van der Waals surface area (Å²) in [5.74, 6) is 0. The van der Waals surface area contributed by atoms with Gasteiger partial charge in [-0.15, -0.1) is 6.58 Å². The zero-order valence-corrected chi connectivity index (χ0v) is 12.7. The smallest absolute Gasteiger partial charge is 0.0194 e. The van der Waals surface area contributed by atoms with Crippen molar-refractivity contribution in [2.45, 2.75) is 26.7 Å². The van der Waals surface area contributed by atoms with Gasteiger partial charge >= 0.3 is 0 Å². The molecule has 2 aromatic rings. The van der Waals surface area contributed by atoms with Crippen LogP contribution >= 0.6 is 8.58 Å². The van der Waals surface area contributed by atoms with Gasteiger partial charge in [0.05, 0.1) is 0 Å². The van der Waals surface area contributed by atoms with E-state index in [1.165, 1.54) is 27.3 Å². The second-order valence-electron chi connectivity index (χ2n) is 4.86. The predicted octanol–water partition coefficient (Wildman–Crippen LogP) is 4.05. The molecule has 0 spiro atoms. The van der Waals surface area contributed by atoms with E-state index in [0.717, 1.165) is 21.4 Å². The molecule has 0 aliphatic carbocycles.